The summed E-state index contributed by atoms with van der Waals surface area (Å²) in [6, 6.07) is 8.34. The molecule has 0 atom stereocenters. The van der Waals surface area contributed by atoms with Crippen LogP contribution < -0.4 is 15.0 Å². The molecule has 0 spiro atoms. The number of piperazine rings is 1. The van der Waals surface area contributed by atoms with Gasteiger partial charge < -0.3 is 24.6 Å². The van der Waals surface area contributed by atoms with Crippen LogP contribution in [0.2, 0.25) is 0 Å². The summed E-state index contributed by atoms with van der Waals surface area (Å²) in [6.07, 6.45) is -7.53. The molecular formula is C26H28F6N4O5. The first-order chi connectivity index (χ1) is 19.3. The Morgan fingerprint density at radius 3 is 2.27 bits per heavy atom. The summed E-state index contributed by atoms with van der Waals surface area (Å²) >= 11 is 0. The molecule has 1 aliphatic heterocycles. The highest BCUT2D eigenvalue weighted by atomic mass is 19.4. The molecule has 15 heteroatoms. The molecule has 1 saturated carbocycles. The predicted octanol–water partition coefficient (Wildman–Crippen LogP) is 5.60. The molecule has 2 aliphatic rings. The quantitative estimate of drug-likeness (QED) is 0.243. The predicted molar refractivity (Wildman–Crippen MR) is 136 cm³/mol. The van der Waals surface area contributed by atoms with Crippen LogP contribution in [0, 0.1) is 10.1 Å². The molecule has 0 radical (unpaired) electrons. The van der Waals surface area contributed by atoms with Gasteiger partial charge >= 0.3 is 12.5 Å². The third-order valence-corrected chi connectivity index (χ3v) is 7.03. The van der Waals surface area contributed by atoms with Crippen LogP contribution >= 0.6 is 0 Å². The second-order valence-electron chi connectivity index (χ2n) is 9.83. The van der Waals surface area contributed by atoms with Gasteiger partial charge in [0, 0.05) is 55.7 Å². The molecule has 0 aromatic heterocycles. The lowest BCUT2D eigenvalue weighted by Crippen LogP contribution is -2.50. The molecule has 1 aliphatic carbocycles. The number of alkyl halides is 6. The van der Waals surface area contributed by atoms with Crippen molar-refractivity contribution in [1.29, 1.82) is 0 Å². The van der Waals surface area contributed by atoms with E-state index < -0.39 is 28.7 Å². The zero-order valence-electron chi connectivity index (χ0n) is 21.7. The van der Waals surface area contributed by atoms with E-state index in [0.29, 0.717) is 57.5 Å². The molecule has 2 fully saturated rings. The molecule has 1 heterocycles. The Hall–Kier alpha value is -3.75. The standard InChI is InChI=1S/C26H28F6N4O5/c27-25(28,29)22-14-18(6-9-23(22)36(38)39)33-17-4-7-20(8-5-17)40-16-24(37)35-12-10-34(11-13-35)19-2-1-3-21(15-19)41-26(30,31)32/h1-3,6,9,14-15,17,20,33H,4-5,7-8,10-13,16H2/t17-,20-. The van der Waals surface area contributed by atoms with Crippen molar-refractivity contribution in [2.24, 2.45) is 0 Å². The largest absolute Gasteiger partial charge is 0.573 e. The maximum Gasteiger partial charge on any atom is 0.573 e. The Bertz CT molecular complexity index is 1230. The van der Waals surface area contributed by atoms with Gasteiger partial charge in [-0.1, -0.05) is 6.07 Å². The summed E-state index contributed by atoms with van der Waals surface area (Å²) in [5.74, 6) is -0.518. The Morgan fingerprint density at radius 1 is 0.976 bits per heavy atom. The number of nitrogens with one attached hydrogen (secondary N) is 1. The topological polar surface area (TPSA) is 97.2 Å². The second kappa shape index (κ2) is 12.4. The summed E-state index contributed by atoms with van der Waals surface area (Å²) in [4.78, 5) is 26.1. The lowest BCUT2D eigenvalue weighted by Gasteiger charge is -2.36. The number of nitrogens with zero attached hydrogens (tertiary/aromatic N) is 3. The van der Waals surface area contributed by atoms with E-state index in [1.807, 2.05) is 4.90 Å². The van der Waals surface area contributed by atoms with Gasteiger partial charge in [-0.15, -0.1) is 13.2 Å². The number of anilines is 2. The number of hydrogen-bond acceptors (Lipinski definition) is 7. The van der Waals surface area contributed by atoms with Gasteiger partial charge in [0.2, 0.25) is 5.91 Å². The van der Waals surface area contributed by atoms with Gasteiger partial charge in [0.25, 0.3) is 5.69 Å². The van der Waals surface area contributed by atoms with Crippen LogP contribution in [-0.2, 0) is 15.7 Å². The van der Waals surface area contributed by atoms with Crippen LogP contribution in [0.5, 0.6) is 5.75 Å². The summed E-state index contributed by atoms with van der Waals surface area (Å²) in [7, 11) is 0. The molecule has 1 N–H and O–H groups in total. The lowest BCUT2D eigenvalue weighted by molar-refractivity contribution is -0.388. The summed E-state index contributed by atoms with van der Waals surface area (Å²) in [5, 5.41) is 14.0. The highest BCUT2D eigenvalue weighted by Crippen LogP contribution is 2.38. The molecule has 9 nitrogen and oxygen atoms in total. The van der Waals surface area contributed by atoms with Crippen LogP contribution in [0.15, 0.2) is 42.5 Å². The number of carbonyl (C=O) groups excluding carboxylic acids is 1. The molecule has 4 rings (SSSR count). The second-order valence-corrected chi connectivity index (χ2v) is 9.83. The number of benzene rings is 2. The summed E-state index contributed by atoms with van der Waals surface area (Å²) in [6.45, 7) is 1.47. The average Bonchev–Trinajstić information content (AvgIpc) is 2.91. The minimum atomic E-state index is -4.86. The molecule has 224 valence electrons. The first-order valence-electron chi connectivity index (χ1n) is 12.9. The van der Waals surface area contributed by atoms with Gasteiger partial charge in [-0.05, 0) is 49.9 Å². The first-order valence-corrected chi connectivity index (χ1v) is 12.9. The van der Waals surface area contributed by atoms with Gasteiger partial charge in [-0.2, -0.15) is 13.2 Å². The number of carbonyl (C=O) groups is 1. The summed E-state index contributed by atoms with van der Waals surface area (Å²) < 4.78 is 87.0. The average molecular weight is 591 g/mol. The van der Waals surface area contributed by atoms with E-state index >= 15 is 0 Å². The van der Waals surface area contributed by atoms with Crippen LogP contribution in [0.3, 0.4) is 0 Å². The molecule has 0 bridgehead atoms. The van der Waals surface area contributed by atoms with Gasteiger partial charge in [0.1, 0.15) is 17.9 Å². The van der Waals surface area contributed by atoms with E-state index in [9.17, 15) is 41.3 Å². The minimum absolute atomic E-state index is 0.130. The van der Waals surface area contributed by atoms with Crippen molar-refractivity contribution >= 4 is 23.0 Å². The van der Waals surface area contributed by atoms with Crippen LogP contribution in [0.25, 0.3) is 0 Å². The van der Waals surface area contributed by atoms with E-state index in [-0.39, 0.29) is 36.1 Å². The maximum atomic E-state index is 13.2. The van der Waals surface area contributed by atoms with Crippen molar-refractivity contribution in [2.75, 3.05) is 43.0 Å². The number of hydrogen-bond donors (Lipinski definition) is 1. The maximum absolute atomic E-state index is 13.2. The van der Waals surface area contributed by atoms with Gasteiger partial charge in [-0.25, -0.2) is 0 Å². The van der Waals surface area contributed by atoms with E-state index in [1.54, 1.807) is 11.0 Å². The third-order valence-electron chi connectivity index (χ3n) is 7.03. The van der Waals surface area contributed by atoms with Crippen molar-refractivity contribution < 1.29 is 45.5 Å². The fourth-order valence-corrected chi connectivity index (χ4v) is 4.99. The molecule has 0 unspecified atom stereocenters. The van der Waals surface area contributed by atoms with Crippen molar-refractivity contribution in [3.05, 3.63) is 58.1 Å². The highest BCUT2D eigenvalue weighted by molar-refractivity contribution is 5.77. The molecular weight excluding hydrogens is 562 g/mol. The van der Waals surface area contributed by atoms with Crippen LogP contribution in [0.4, 0.5) is 43.4 Å². The SMILES string of the molecule is O=C(CO[C@H]1CC[C@H](Nc2ccc([N+](=O)[O-])c(C(F)(F)F)c2)CC1)N1CCN(c2cccc(OC(F)(F)F)c2)CC1. The van der Waals surface area contributed by atoms with Gasteiger partial charge in [0.15, 0.2) is 0 Å². The Morgan fingerprint density at radius 2 is 1.66 bits per heavy atom. The smallest absolute Gasteiger partial charge is 0.406 e. The van der Waals surface area contributed by atoms with Crippen molar-refractivity contribution in [1.82, 2.24) is 4.90 Å². The monoisotopic (exact) mass is 590 g/mol. The number of ether oxygens (including phenoxy) is 2. The fourth-order valence-electron chi connectivity index (χ4n) is 4.99. The number of amides is 1. The van der Waals surface area contributed by atoms with Gasteiger partial charge in [-0.3, -0.25) is 14.9 Å². The molecule has 2 aromatic rings. The number of rotatable bonds is 8. The van der Waals surface area contributed by atoms with E-state index in [2.05, 4.69) is 10.1 Å². The first kappa shape index (κ1) is 30.2. The lowest BCUT2D eigenvalue weighted by atomic mass is 9.92. The third kappa shape index (κ3) is 8.38. The zero-order valence-corrected chi connectivity index (χ0v) is 21.7. The molecule has 2 aromatic carbocycles. The van der Waals surface area contributed by atoms with Crippen molar-refractivity contribution in [3.63, 3.8) is 0 Å². The van der Waals surface area contributed by atoms with E-state index in [4.69, 9.17) is 4.74 Å². The molecule has 41 heavy (non-hydrogen) atoms. The van der Waals surface area contributed by atoms with Crippen LogP contribution in [-0.4, -0.2) is 67.0 Å². The Balaban J connectivity index is 1.20. The fraction of sp³-hybridized carbons (Fsp3) is 0.500. The normalized spacial score (nSPS) is 20.0. The molecule has 1 saturated heterocycles. The Labute approximate surface area is 231 Å². The van der Waals surface area contributed by atoms with E-state index in [1.165, 1.54) is 24.3 Å². The zero-order chi connectivity index (χ0) is 29.8. The number of nitro groups is 1. The van der Waals surface area contributed by atoms with Crippen LogP contribution in [0.1, 0.15) is 31.2 Å². The van der Waals surface area contributed by atoms with Crippen molar-refractivity contribution in [3.8, 4) is 5.75 Å². The number of nitro benzene ring substituents is 1. The van der Waals surface area contributed by atoms with E-state index in [0.717, 1.165) is 12.1 Å². The highest BCUT2D eigenvalue weighted by Gasteiger charge is 2.38. The number of halogens is 6. The van der Waals surface area contributed by atoms with Gasteiger partial charge in [0.05, 0.1) is 11.0 Å². The summed E-state index contributed by atoms with van der Waals surface area (Å²) in [5.41, 5.74) is -1.62. The molecule has 1 amide bonds. The minimum Gasteiger partial charge on any atom is -0.406 e. The Kier molecular flexibility index (Phi) is 9.14. The van der Waals surface area contributed by atoms with Crippen molar-refractivity contribution in [2.45, 2.75) is 50.4 Å².